The molecular weight excluding hydrogens is 248 g/mol. The molecule has 2 fully saturated rings. The molecule has 6 nitrogen and oxygen atoms in total. The molecule has 0 aromatic rings. The van der Waals surface area contributed by atoms with Crippen LogP contribution in [-0.4, -0.2) is 41.4 Å². The summed E-state index contributed by atoms with van der Waals surface area (Å²) in [7, 11) is 0. The second kappa shape index (κ2) is 5.77. The maximum atomic E-state index is 12.0. The minimum Gasteiger partial charge on any atom is -0.480 e. The second-order valence-corrected chi connectivity index (χ2v) is 5.52. The predicted octanol–water partition coefficient (Wildman–Crippen LogP) is 1.25. The van der Waals surface area contributed by atoms with Crippen LogP contribution in [-0.2, 0) is 9.53 Å². The molecule has 1 aliphatic heterocycles. The van der Waals surface area contributed by atoms with E-state index in [-0.39, 0.29) is 12.1 Å². The zero-order chi connectivity index (χ0) is 13.9. The highest BCUT2D eigenvalue weighted by atomic mass is 16.5. The van der Waals surface area contributed by atoms with Crippen molar-refractivity contribution in [3.63, 3.8) is 0 Å². The molecule has 2 atom stereocenters. The van der Waals surface area contributed by atoms with Gasteiger partial charge in [0.25, 0.3) is 0 Å². The van der Waals surface area contributed by atoms with E-state index in [0.717, 1.165) is 25.7 Å². The normalized spacial score (nSPS) is 29.7. The Morgan fingerprint density at radius 1 is 1.26 bits per heavy atom. The van der Waals surface area contributed by atoms with Crippen molar-refractivity contribution >= 4 is 12.0 Å². The summed E-state index contributed by atoms with van der Waals surface area (Å²) in [5.41, 5.74) is -1.09. The van der Waals surface area contributed by atoms with Crippen molar-refractivity contribution in [2.45, 2.75) is 63.1 Å². The Kier molecular flexibility index (Phi) is 4.29. The average Bonchev–Trinajstić information content (AvgIpc) is 2.76. The Morgan fingerprint density at radius 2 is 1.95 bits per heavy atom. The number of ether oxygens (including phenoxy) is 1. The van der Waals surface area contributed by atoms with Gasteiger partial charge in [-0.05, 0) is 26.2 Å². The minimum absolute atomic E-state index is 0.0158. The molecule has 1 saturated heterocycles. The lowest BCUT2D eigenvalue weighted by atomic mass is 9.82. The van der Waals surface area contributed by atoms with Gasteiger partial charge in [0, 0.05) is 6.61 Å². The van der Waals surface area contributed by atoms with Crippen LogP contribution in [0.25, 0.3) is 0 Å². The van der Waals surface area contributed by atoms with Crippen molar-refractivity contribution in [1.82, 2.24) is 10.6 Å². The Bertz CT molecular complexity index is 353. The topological polar surface area (TPSA) is 87.7 Å². The van der Waals surface area contributed by atoms with Gasteiger partial charge in [-0.3, -0.25) is 0 Å². The van der Waals surface area contributed by atoms with E-state index in [1.165, 1.54) is 0 Å². The van der Waals surface area contributed by atoms with Gasteiger partial charge in [0.15, 0.2) is 0 Å². The summed E-state index contributed by atoms with van der Waals surface area (Å²) in [6.07, 6.45) is 4.49. The molecule has 1 saturated carbocycles. The third kappa shape index (κ3) is 3.18. The van der Waals surface area contributed by atoms with Crippen LogP contribution in [0.3, 0.4) is 0 Å². The summed E-state index contributed by atoms with van der Waals surface area (Å²) in [6, 6.07) is -0.430. The Labute approximate surface area is 112 Å². The molecule has 2 aliphatic rings. The van der Waals surface area contributed by atoms with E-state index < -0.39 is 17.5 Å². The highest BCUT2D eigenvalue weighted by Crippen LogP contribution is 2.28. The van der Waals surface area contributed by atoms with Gasteiger partial charge in [-0.25, -0.2) is 9.59 Å². The van der Waals surface area contributed by atoms with E-state index in [2.05, 4.69) is 10.6 Å². The molecule has 0 aromatic heterocycles. The van der Waals surface area contributed by atoms with Crippen molar-refractivity contribution in [3.8, 4) is 0 Å². The fourth-order valence-corrected chi connectivity index (χ4v) is 2.89. The van der Waals surface area contributed by atoms with Gasteiger partial charge in [-0.1, -0.05) is 19.3 Å². The summed E-state index contributed by atoms with van der Waals surface area (Å²) < 4.78 is 5.37. The van der Waals surface area contributed by atoms with Crippen LogP contribution in [0.4, 0.5) is 4.79 Å². The second-order valence-electron chi connectivity index (χ2n) is 5.52. The van der Waals surface area contributed by atoms with Gasteiger partial charge in [0.2, 0.25) is 0 Å². The number of hydrogen-bond acceptors (Lipinski definition) is 3. The monoisotopic (exact) mass is 270 g/mol. The number of carboxylic acid groups (broad SMARTS) is 1. The molecule has 0 spiro atoms. The number of urea groups is 1. The molecule has 19 heavy (non-hydrogen) atoms. The van der Waals surface area contributed by atoms with Crippen LogP contribution in [0.15, 0.2) is 0 Å². The number of hydrogen-bond donors (Lipinski definition) is 3. The third-order valence-corrected chi connectivity index (χ3v) is 4.16. The van der Waals surface area contributed by atoms with Crippen LogP contribution >= 0.6 is 0 Å². The molecule has 2 rings (SSSR count). The van der Waals surface area contributed by atoms with E-state index in [1.807, 2.05) is 6.92 Å². The van der Waals surface area contributed by atoms with E-state index in [4.69, 9.17) is 4.74 Å². The van der Waals surface area contributed by atoms with Crippen molar-refractivity contribution in [2.75, 3.05) is 6.61 Å². The maximum absolute atomic E-state index is 12.0. The SMILES string of the molecule is CC1OCCC1NC(=O)NC1(C(=O)O)CCCCC1. The molecule has 0 aromatic carbocycles. The first-order chi connectivity index (χ1) is 9.03. The van der Waals surface area contributed by atoms with Crippen molar-refractivity contribution in [3.05, 3.63) is 0 Å². The number of aliphatic carboxylic acids is 1. The fourth-order valence-electron chi connectivity index (χ4n) is 2.89. The highest BCUT2D eigenvalue weighted by molar-refractivity contribution is 5.86. The molecule has 2 unspecified atom stereocenters. The van der Waals surface area contributed by atoms with Crippen LogP contribution in [0.2, 0.25) is 0 Å². The van der Waals surface area contributed by atoms with Crippen molar-refractivity contribution in [1.29, 1.82) is 0 Å². The van der Waals surface area contributed by atoms with Crippen LogP contribution in [0, 0.1) is 0 Å². The number of rotatable bonds is 3. The fraction of sp³-hybridized carbons (Fsp3) is 0.846. The number of carbonyl (C=O) groups excluding carboxylic acids is 1. The summed E-state index contributed by atoms with van der Waals surface area (Å²) >= 11 is 0. The van der Waals surface area contributed by atoms with Crippen LogP contribution < -0.4 is 10.6 Å². The molecule has 6 heteroatoms. The van der Waals surface area contributed by atoms with Gasteiger partial charge < -0.3 is 20.5 Å². The Hall–Kier alpha value is -1.30. The number of carbonyl (C=O) groups is 2. The molecule has 108 valence electrons. The summed E-state index contributed by atoms with van der Waals surface area (Å²) in [5.74, 6) is -0.932. The van der Waals surface area contributed by atoms with Crippen molar-refractivity contribution in [2.24, 2.45) is 0 Å². The zero-order valence-corrected chi connectivity index (χ0v) is 11.3. The standard InChI is InChI=1S/C13H22N2O4/c1-9-10(5-8-19-9)14-12(18)15-13(11(16)17)6-3-2-4-7-13/h9-10H,2-8H2,1H3,(H,16,17)(H2,14,15,18). The van der Waals surface area contributed by atoms with Gasteiger partial charge in [-0.2, -0.15) is 0 Å². The first-order valence-electron chi connectivity index (χ1n) is 6.97. The molecule has 1 aliphatic carbocycles. The van der Waals surface area contributed by atoms with Gasteiger partial charge in [0.05, 0.1) is 12.1 Å². The highest BCUT2D eigenvalue weighted by Gasteiger charge is 2.41. The largest absolute Gasteiger partial charge is 0.480 e. The minimum atomic E-state index is -1.09. The molecule has 3 N–H and O–H groups in total. The molecule has 1 heterocycles. The van der Waals surface area contributed by atoms with Gasteiger partial charge >= 0.3 is 12.0 Å². The van der Waals surface area contributed by atoms with E-state index in [9.17, 15) is 14.7 Å². The Balaban J connectivity index is 1.93. The lowest BCUT2D eigenvalue weighted by molar-refractivity contribution is -0.145. The summed E-state index contributed by atoms with van der Waals surface area (Å²) in [5, 5.41) is 14.9. The molecule has 0 radical (unpaired) electrons. The first kappa shape index (κ1) is 14.1. The summed E-state index contributed by atoms with van der Waals surface area (Å²) in [6.45, 7) is 2.54. The van der Waals surface area contributed by atoms with Crippen LogP contribution in [0.1, 0.15) is 45.4 Å². The quantitative estimate of drug-likeness (QED) is 0.720. The number of nitrogens with one attached hydrogen (secondary N) is 2. The van der Waals surface area contributed by atoms with Gasteiger partial charge in [0.1, 0.15) is 5.54 Å². The molecule has 0 bridgehead atoms. The number of amides is 2. The van der Waals surface area contributed by atoms with E-state index in [1.54, 1.807) is 0 Å². The predicted molar refractivity (Wildman–Crippen MR) is 68.9 cm³/mol. The van der Waals surface area contributed by atoms with Gasteiger partial charge in [-0.15, -0.1) is 0 Å². The lowest BCUT2D eigenvalue weighted by Gasteiger charge is -2.34. The Morgan fingerprint density at radius 3 is 2.47 bits per heavy atom. The van der Waals surface area contributed by atoms with E-state index >= 15 is 0 Å². The van der Waals surface area contributed by atoms with E-state index in [0.29, 0.717) is 19.4 Å². The molecular formula is C13H22N2O4. The van der Waals surface area contributed by atoms with Crippen LogP contribution in [0.5, 0.6) is 0 Å². The molecule has 2 amide bonds. The average molecular weight is 270 g/mol. The zero-order valence-electron chi connectivity index (χ0n) is 11.3. The first-order valence-corrected chi connectivity index (χ1v) is 6.97. The summed E-state index contributed by atoms with van der Waals surface area (Å²) in [4.78, 5) is 23.4. The lowest BCUT2D eigenvalue weighted by Crippen LogP contribution is -2.59. The number of carboxylic acids is 1. The smallest absolute Gasteiger partial charge is 0.329 e. The third-order valence-electron chi connectivity index (χ3n) is 4.16. The maximum Gasteiger partial charge on any atom is 0.329 e. The van der Waals surface area contributed by atoms with Crippen molar-refractivity contribution < 1.29 is 19.4 Å².